The summed E-state index contributed by atoms with van der Waals surface area (Å²) in [6.45, 7) is 18.7. The first-order valence-electron chi connectivity index (χ1n) is 13.9. The van der Waals surface area contributed by atoms with Crippen LogP contribution in [0.15, 0.2) is 23.3 Å². The largest absolute Gasteiger partial charge is 0.480 e. The number of aromatic nitrogens is 4. The van der Waals surface area contributed by atoms with Gasteiger partial charge in [0.25, 0.3) is 11.6 Å². The second-order valence-corrected chi connectivity index (χ2v) is 24.5. The number of halogens is 1. The molecule has 41 heavy (non-hydrogen) atoms. The van der Waals surface area contributed by atoms with Crippen LogP contribution in [0.2, 0.25) is 18.1 Å². The lowest BCUT2D eigenvalue weighted by Gasteiger charge is -2.39. The molecule has 4 heterocycles. The van der Waals surface area contributed by atoms with Crippen LogP contribution in [-0.4, -0.2) is 68.8 Å². The molecule has 0 bridgehead atoms. The van der Waals surface area contributed by atoms with Gasteiger partial charge in [0.2, 0.25) is 5.69 Å². The van der Waals surface area contributed by atoms with Crippen LogP contribution in [0.4, 0.5) is 4.39 Å². The molecule has 1 aliphatic carbocycles. The van der Waals surface area contributed by atoms with Crippen LogP contribution < -0.4 is 5.56 Å². The highest BCUT2D eigenvalue weighted by molar-refractivity contribution is 8.68. The van der Waals surface area contributed by atoms with Gasteiger partial charge >= 0.3 is 0 Å². The van der Waals surface area contributed by atoms with Gasteiger partial charge in [-0.05, 0) is 69.0 Å². The lowest BCUT2D eigenvalue weighted by atomic mass is 9.77. The van der Waals surface area contributed by atoms with E-state index in [1.165, 1.54) is 10.9 Å². The van der Waals surface area contributed by atoms with E-state index in [9.17, 15) is 9.90 Å². The van der Waals surface area contributed by atoms with E-state index in [-0.39, 0.29) is 33.7 Å². The Labute approximate surface area is 249 Å². The zero-order chi connectivity index (χ0) is 30.1. The summed E-state index contributed by atoms with van der Waals surface area (Å²) in [7, 11) is -2.45. The lowest BCUT2D eigenvalue weighted by molar-refractivity contribution is -0.0406. The molecule has 15 heteroatoms. The Morgan fingerprint density at radius 1 is 1.46 bits per heavy atom. The van der Waals surface area contributed by atoms with Crippen LogP contribution >= 0.6 is 17.1 Å². The number of imidazole rings is 1. The van der Waals surface area contributed by atoms with Crippen molar-refractivity contribution in [2.75, 3.05) is 6.61 Å². The highest BCUT2D eigenvalue weighted by atomic mass is 32.9. The van der Waals surface area contributed by atoms with Gasteiger partial charge in [0, 0.05) is 4.75 Å². The number of hydrogen-bond donors (Lipinski definition) is 2. The van der Waals surface area contributed by atoms with E-state index in [1.54, 1.807) is 11.4 Å². The van der Waals surface area contributed by atoms with Gasteiger partial charge in [0.1, 0.15) is 12.2 Å². The number of hydrogen-bond acceptors (Lipinski definition) is 10. The Hall–Kier alpha value is -1.12. The minimum absolute atomic E-state index is 0.0116. The summed E-state index contributed by atoms with van der Waals surface area (Å²) in [6, 6.07) is -0.594. The number of nitrogens with one attached hydrogen (secondary N) is 1. The number of rotatable bonds is 7. The molecule has 1 saturated carbocycles. The quantitative estimate of drug-likeness (QED) is 0.212. The lowest BCUT2D eigenvalue weighted by Crippen LogP contribution is -2.49. The number of H-pyrrole nitrogens is 1. The summed E-state index contributed by atoms with van der Waals surface area (Å²) in [5.74, 6) is 0.397. The molecule has 0 radical (unpaired) electrons. The monoisotopic (exact) mass is 646 g/mol. The summed E-state index contributed by atoms with van der Waals surface area (Å²) in [5.41, 5.74) is -2.25. The van der Waals surface area contributed by atoms with Crippen molar-refractivity contribution in [2.45, 2.75) is 107 Å². The molecule has 2 aromatic heterocycles. The molecule has 3 aliphatic rings. The number of aromatic hydroxyl groups is 1. The highest BCUT2D eigenvalue weighted by Gasteiger charge is 2.55. The van der Waals surface area contributed by atoms with Crippen molar-refractivity contribution in [1.29, 1.82) is 0 Å². The van der Waals surface area contributed by atoms with Crippen molar-refractivity contribution in [2.24, 2.45) is 5.92 Å². The summed E-state index contributed by atoms with van der Waals surface area (Å²) in [6.07, 6.45) is -0.493. The van der Waals surface area contributed by atoms with E-state index in [0.717, 1.165) is 24.8 Å². The molecule has 0 spiro atoms. The molecule has 5 rings (SSSR count). The molecule has 2 aliphatic heterocycles. The number of alkyl halides is 1. The van der Waals surface area contributed by atoms with E-state index in [4.69, 9.17) is 30.0 Å². The van der Waals surface area contributed by atoms with Gasteiger partial charge < -0.3 is 23.3 Å². The Balaban J connectivity index is 1.40. The van der Waals surface area contributed by atoms with Crippen molar-refractivity contribution >= 4 is 48.4 Å². The second-order valence-electron chi connectivity index (χ2n) is 13.1. The summed E-state index contributed by atoms with van der Waals surface area (Å²) in [4.78, 5) is 22.5. The van der Waals surface area contributed by atoms with Crippen LogP contribution in [0.5, 0.6) is 6.01 Å². The molecule has 0 unspecified atom stereocenters. The van der Waals surface area contributed by atoms with Gasteiger partial charge in [-0.15, -0.1) is 0 Å². The predicted molar refractivity (Wildman–Crippen MR) is 164 cm³/mol. The normalized spacial score (nSPS) is 36.1. The third-order valence-electron chi connectivity index (χ3n) is 9.04. The number of fused-ring (bicyclic) bond motifs is 2. The molecule has 228 valence electrons. The number of aromatic amines is 1. The van der Waals surface area contributed by atoms with E-state index in [1.807, 2.05) is 0 Å². The Kier molecular flexibility index (Phi) is 8.24. The Morgan fingerprint density at radius 2 is 2.17 bits per heavy atom. The SMILES string of the molecule is C=C(C)[C@H]1CC[C@@]2(C)S[P@](=S)(OC[C@H]3O[C@@H](n4cnc5c(=O)[nH]c(O)nc54)[C@H](F)[C@@H]3O[Si](C)(C)C(C)(C)C)O[C@@H]2C1. The molecular weight excluding hydrogens is 607 g/mol. The summed E-state index contributed by atoms with van der Waals surface area (Å²) < 4.78 is 43.2. The zero-order valence-electron chi connectivity index (χ0n) is 24.5. The fourth-order valence-electron chi connectivity index (χ4n) is 5.42. The molecule has 2 aromatic rings. The van der Waals surface area contributed by atoms with Crippen LogP contribution in [0, 0.1) is 5.92 Å². The maximum absolute atomic E-state index is 16.4. The number of nitrogens with zero attached hydrogens (tertiary/aromatic N) is 3. The minimum Gasteiger partial charge on any atom is -0.480 e. The van der Waals surface area contributed by atoms with Crippen molar-refractivity contribution in [3.8, 4) is 6.01 Å². The van der Waals surface area contributed by atoms with Crippen LogP contribution in [0.3, 0.4) is 0 Å². The average Bonchev–Trinajstić information content (AvgIpc) is 3.48. The van der Waals surface area contributed by atoms with Crippen LogP contribution in [-0.2, 0) is 30.0 Å². The maximum Gasteiger partial charge on any atom is 0.296 e. The Morgan fingerprint density at radius 3 is 2.83 bits per heavy atom. The van der Waals surface area contributed by atoms with Crippen molar-refractivity contribution in [3.05, 3.63) is 28.8 Å². The third-order valence-corrected chi connectivity index (χ3v) is 19.3. The van der Waals surface area contributed by atoms with Gasteiger partial charge in [-0.3, -0.25) is 14.3 Å². The first-order valence-corrected chi connectivity index (χ1v) is 20.8. The topological polar surface area (TPSA) is 121 Å². The molecule has 0 amide bonds. The van der Waals surface area contributed by atoms with E-state index in [2.05, 4.69) is 69.2 Å². The van der Waals surface area contributed by atoms with Gasteiger partial charge in [-0.25, -0.2) is 9.37 Å². The van der Waals surface area contributed by atoms with Crippen molar-refractivity contribution < 1.29 is 27.7 Å². The van der Waals surface area contributed by atoms with E-state index < -0.39 is 50.2 Å². The van der Waals surface area contributed by atoms with Crippen molar-refractivity contribution in [3.63, 3.8) is 0 Å². The van der Waals surface area contributed by atoms with E-state index >= 15 is 4.39 Å². The molecule has 2 saturated heterocycles. The number of ether oxygens (including phenoxy) is 1. The first kappa shape index (κ1) is 31.3. The maximum atomic E-state index is 16.4. The summed E-state index contributed by atoms with van der Waals surface area (Å²) in [5, 5.41) is 9.71. The van der Waals surface area contributed by atoms with Crippen LogP contribution in [0.25, 0.3) is 11.2 Å². The fourth-order valence-corrected chi connectivity index (χ4v) is 13.9. The smallest absolute Gasteiger partial charge is 0.296 e. The van der Waals surface area contributed by atoms with Gasteiger partial charge in [0.05, 0.1) is 19.0 Å². The average molecular weight is 647 g/mol. The van der Waals surface area contributed by atoms with E-state index in [0.29, 0.717) is 5.92 Å². The van der Waals surface area contributed by atoms with Crippen molar-refractivity contribution in [1.82, 2.24) is 19.5 Å². The Bertz CT molecular complexity index is 1450. The molecule has 2 N–H and O–H groups in total. The van der Waals surface area contributed by atoms with Gasteiger partial charge in [-0.1, -0.05) is 44.3 Å². The molecule has 10 nitrogen and oxygen atoms in total. The second kappa shape index (κ2) is 10.8. The number of allylic oxidation sites excluding steroid dienone is 1. The summed E-state index contributed by atoms with van der Waals surface area (Å²) >= 11 is 7.56. The van der Waals surface area contributed by atoms with Crippen LogP contribution in [0.1, 0.15) is 60.1 Å². The first-order chi connectivity index (χ1) is 18.9. The standard InChI is InChI=1S/C26H40FN4O6PS2Si/c1-14(2)15-9-10-26(6)17(11-15)36-38(39,40-26)34-12-16-20(37-41(7,8)25(3,4)5)18(27)23(35-16)31-13-28-19-21(31)29-24(33)30-22(19)32/h13,15-18,20,23H,1,9-12H2,2-8H3,(H2,29,30,32,33)/t15-,16+,17+,18+,20+,23+,26+,38+/m0/s1. The highest BCUT2D eigenvalue weighted by Crippen LogP contribution is 2.75. The van der Waals surface area contributed by atoms with Gasteiger partial charge in [0.15, 0.2) is 31.9 Å². The third kappa shape index (κ3) is 5.87. The minimum atomic E-state index is -2.75. The van der Waals surface area contributed by atoms with Gasteiger partial charge in [-0.2, -0.15) is 4.98 Å². The predicted octanol–water partition coefficient (Wildman–Crippen LogP) is 5.96. The molecule has 8 atom stereocenters. The molecule has 0 aromatic carbocycles. The molecular formula is C26H40FN4O6PS2Si. The fraction of sp³-hybridized carbons (Fsp3) is 0.731. The zero-order valence-corrected chi connectivity index (χ0v) is 28.1. The molecule has 3 fully saturated rings.